The van der Waals surface area contributed by atoms with E-state index in [1.165, 1.54) is 36.8 Å². The monoisotopic (exact) mass is 325 g/mol. The molecule has 2 aromatic carbocycles. The lowest BCUT2D eigenvalue weighted by molar-refractivity contribution is 0.111. The minimum Gasteiger partial charge on any atom is -0.387 e. The van der Waals surface area contributed by atoms with E-state index in [4.69, 9.17) is 0 Å². The Labute approximate surface area is 147 Å². The third-order valence-electron chi connectivity index (χ3n) is 4.49. The standard InChI is InChI=1S/C22H31NO/c1-3-5-16-23(17-6-4-2)18-22(24)21-14-12-20(13-15-21)19-10-8-7-9-11-19/h7-15,22,24H,3-6,16-18H2,1-2H3/t22-/m1/s1. The summed E-state index contributed by atoms with van der Waals surface area (Å²) in [4.78, 5) is 2.41. The summed E-state index contributed by atoms with van der Waals surface area (Å²) in [5, 5.41) is 10.6. The highest BCUT2D eigenvalue weighted by Crippen LogP contribution is 2.22. The van der Waals surface area contributed by atoms with Gasteiger partial charge >= 0.3 is 0 Å². The topological polar surface area (TPSA) is 23.5 Å². The van der Waals surface area contributed by atoms with Crippen molar-refractivity contribution in [1.82, 2.24) is 4.90 Å². The zero-order valence-electron chi connectivity index (χ0n) is 15.1. The Kier molecular flexibility index (Phi) is 8.00. The fraction of sp³-hybridized carbons (Fsp3) is 0.455. The zero-order chi connectivity index (χ0) is 17.2. The van der Waals surface area contributed by atoms with Gasteiger partial charge in [-0.15, -0.1) is 0 Å². The molecule has 2 heteroatoms. The predicted molar refractivity (Wildman–Crippen MR) is 103 cm³/mol. The van der Waals surface area contributed by atoms with Gasteiger partial charge in [0.15, 0.2) is 0 Å². The van der Waals surface area contributed by atoms with Crippen LogP contribution >= 0.6 is 0 Å². The number of unbranched alkanes of at least 4 members (excludes halogenated alkanes) is 2. The van der Waals surface area contributed by atoms with Crippen LogP contribution in [-0.2, 0) is 0 Å². The van der Waals surface area contributed by atoms with Crippen LogP contribution in [0.1, 0.15) is 51.2 Å². The first kappa shape index (κ1) is 18.7. The van der Waals surface area contributed by atoms with Crippen molar-refractivity contribution in [2.24, 2.45) is 0 Å². The maximum absolute atomic E-state index is 10.6. The number of aliphatic hydroxyl groups excluding tert-OH is 1. The molecule has 2 rings (SSSR count). The van der Waals surface area contributed by atoms with E-state index in [1.54, 1.807) is 0 Å². The molecule has 24 heavy (non-hydrogen) atoms. The number of benzene rings is 2. The first-order chi connectivity index (χ1) is 11.7. The lowest BCUT2D eigenvalue weighted by Crippen LogP contribution is -2.30. The van der Waals surface area contributed by atoms with E-state index < -0.39 is 6.10 Å². The molecule has 0 fully saturated rings. The summed E-state index contributed by atoms with van der Waals surface area (Å²) in [7, 11) is 0. The lowest BCUT2D eigenvalue weighted by atomic mass is 10.0. The fourth-order valence-corrected chi connectivity index (χ4v) is 2.94. The first-order valence-corrected chi connectivity index (χ1v) is 9.30. The summed E-state index contributed by atoms with van der Waals surface area (Å²) >= 11 is 0. The molecular weight excluding hydrogens is 294 g/mol. The van der Waals surface area contributed by atoms with Crippen molar-refractivity contribution in [3.63, 3.8) is 0 Å². The van der Waals surface area contributed by atoms with E-state index in [1.807, 2.05) is 6.07 Å². The Morgan fingerprint density at radius 1 is 0.792 bits per heavy atom. The summed E-state index contributed by atoms with van der Waals surface area (Å²) in [6.07, 6.45) is 4.38. The molecule has 0 aliphatic carbocycles. The van der Waals surface area contributed by atoms with E-state index in [2.05, 4.69) is 67.3 Å². The minimum absolute atomic E-state index is 0.413. The third kappa shape index (κ3) is 5.77. The Bertz CT molecular complexity index is 556. The molecule has 0 heterocycles. The molecule has 0 radical (unpaired) electrons. The summed E-state index contributed by atoms with van der Waals surface area (Å²) < 4.78 is 0. The molecular formula is C22H31NO. The molecule has 1 N–H and O–H groups in total. The molecule has 2 nitrogen and oxygen atoms in total. The molecule has 0 saturated carbocycles. The van der Waals surface area contributed by atoms with Crippen molar-refractivity contribution in [2.45, 2.75) is 45.6 Å². The van der Waals surface area contributed by atoms with Gasteiger partial charge in [-0.25, -0.2) is 0 Å². The number of aliphatic hydroxyl groups is 1. The molecule has 0 bridgehead atoms. The molecule has 0 aliphatic rings. The Hall–Kier alpha value is -1.64. The molecule has 0 unspecified atom stereocenters. The van der Waals surface area contributed by atoms with Crippen LogP contribution < -0.4 is 0 Å². The predicted octanol–water partition coefficient (Wildman–Crippen LogP) is 5.29. The maximum atomic E-state index is 10.6. The summed E-state index contributed by atoms with van der Waals surface area (Å²) in [5.74, 6) is 0. The van der Waals surface area contributed by atoms with Crippen molar-refractivity contribution < 1.29 is 5.11 Å². The highest BCUT2D eigenvalue weighted by molar-refractivity contribution is 5.63. The lowest BCUT2D eigenvalue weighted by Gasteiger charge is -2.25. The van der Waals surface area contributed by atoms with E-state index in [0.717, 1.165) is 25.2 Å². The van der Waals surface area contributed by atoms with Gasteiger partial charge in [-0.1, -0.05) is 81.3 Å². The molecule has 0 spiro atoms. The normalized spacial score (nSPS) is 12.5. The van der Waals surface area contributed by atoms with Crippen molar-refractivity contribution in [2.75, 3.05) is 19.6 Å². The Balaban J connectivity index is 1.98. The van der Waals surface area contributed by atoms with Crippen LogP contribution in [0.25, 0.3) is 11.1 Å². The van der Waals surface area contributed by atoms with E-state index in [-0.39, 0.29) is 0 Å². The average Bonchev–Trinajstić information content (AvgIpc) is 2.64. The van der Waals surface area contributed by atoms with Gasteiger partial charge in [0.2, 0.25) is 0 Å². The number of nitrogens with zero attached hydrogens (tertiary/aromatic N) is 1. The van der Waals surface area contributed by atoms with Gasteiger partial charge in [0.1, 0.15) is 0 Å². The van der Waals surface area contributed by atoms with Crippen LogP contribution in [0.4, 0.5) is 0 Å². The van der Waals surface area contributed by atoms with Gasteiger partial charge in [-0.3, -0.25) is 0 Å². The van der Waals surface area contributed by atoms with Gasteiger partial charge in [-0.2, -0.15) is 0 Å². The minimum atomic E-state index is -0.413. The second-order valence-corrected chi connectivity index (χ2v) is 6.51. The quantitative estimate of drug-likeness (QED) is 0.641. The molecule has 0 saturated heterocycles. The van der Waals surface area contributed by atoms with Crippen molar-refractivity contribution in [1.29, 1.82) is 0 Å². The van der Waals surface area contributed by atoms with E-state index in [0.29, 0.717) is 0 Å². The summed E-state index contributed by atoms with van der Waals surface area (Å²) in [6, 6.07) is 18.7. The molecule has 130 valence electrons. The first-order valence-electron chi connectivity index (χ1n) is 9.30. The van der Waals surface area contributed by atoms with Crippen LogP contribution in [0, 0.1) is 0 Å². The van der Waals surface area contributed by atoms with Crippen molar-refractivity contribution in [3.05, 3.63) is 60.2 Å². The van der Waals surface area contributed by atoms with Crippen LogP contribution in [0.15, 0.2) is 54.6 Å². The highest BCUT2D eigenvalue weighted by atomic mass is 16.3. The zero-order valence-corrected chi connectivity index (χ0v) is 15.1. The van der Waals surface area contributed by atoms with Gasteiger partial charge in [0.05, 0.1) is 6.10 Å². The fourth-order valence-electron chi connectivity index (χ4n) is 2.94. The largest absolute Gasteiger partial charge is 0.387 e. The summed E-state index contributed by atoms with van der Waals surface area (Å²) in [5.41, 5.74) is 3.42. The van der Waals surface area contributed by atoms with Gasteiger partial charge in [0, 0.05) is 6.54 Å². The molecule has 0 aliphatic heterocycles. The maximum Gasteiger partial charge on any atom is 0.0916 e. The van der Waals surface area contributed by atoms with Crippen LogP contribution in [0.2, 0.25) is 0 Å². The Morgan fingerprint density at radius 2 is 1.33 bits per heavy atom. The van der Waals surface area contributed by atoms with E-state index >= 15 is 0 Å². The third-order valence-corrected chi connectivity index (χ3v) is 4.49. The molecule has 0 amide bonds. The highest BCUT2D eigenvalue weighted by Gasteiger charge is 2.13. The van der Waals surface area contributed by atoms with Crippen LogP contribution in [0.3, 0.4) is 0 Å². The second kappa shape index (κ2) is 10.3. The summed E-state index contributed by atoms with van der Waals surface area (Å²) in [6.45, 7) is 7.32. The molecule has 0 aromatic heterocycles. The van der Waals surface area contributed by atoms with Crippen LogP contribution in [0.5, 0.6) is 0 Å². The van der Waals surface area contributed by atoms with Crippen molar-refractivity contribution >= 4 is 0 Å². The smallest absolute Gasteiger partial charge is 0.0916 e. The Morgan fingerprint density at radius 3 is 1.88 bits per heavy atom. The second-order valence-electron chi connectivity index (χ2n) is 6.51. The van der Waals surface area contributed by atoms with Gasteiger partial charge < -0.3 is 10.0 Å². The van der Waals surface area contributed by atoms with Crippen LogP contribution in [-0.4, -0.2) is 29.6 Å². The number of hydrogen-bond acceptors (Lipinski definition) is 2. The van der Waals surface area contributed by atoms with Crippen molar-refractivity contribution in [3.8, 4) is 11.1 Å². The van der Waals surface area contributed by atoms with E-state index in [9.17, 15) is 5.11 Å². The number of rotatable bonds is 10. The SMILES string of the molecule is CCCCN(CCCC)C[C@@H](O)c1ccc(-c2ccccc2)cc1. The number of hydrogen-bond donors (Lipinski definition) is 1. The molecule has 1 atom stereocenters. The van der Waals surface area contributed by atoms with Gasteiger partial charge in [0.25, 0.3) is 0 Å². The van der Waals surface area contributed by atoms with Gasteiger partial charge in [-0.05, 0) is 42.6 Å². The average molecular weight is 325 g/mol. The molecule has 2 aromatic rings.